The van der Waals surface area contributed by atoms with Gasteiger partial charge < -0.3 is 0 Å². The maximum Gasteiger partial charge on any atom is 0.212 e. The summed E-state index contributed by atoms with van der Waals surface area (Å²) >= 11 is 0. The second-order valence-corrected chi connectivity index (χ2v) is 6.85. The fourth-order valence-electron chi connectivity index (χ4n) is 1.59. The van der Waals surface area contributed by atoms with Gasteiger partial charge in [0.15, 0.2) is 0 Å². The summed E-state index contributed by atoms with van der Waals surface area (Å²) < 4.78 is 24.3. The average molecular weight is 220 g/mol. The molecule has 4 nitrogen and oxygen atoms in total. The van der Waals surface area contributed by atoms with Crippen LogP contribution in [0.25, 0.3) is 0 Å². The zero-order chi connectivity index (χ0) is 11.0. The molecule has 0 bridgehead atoms. The van der Waals surface area contributed by atoms with Crippen molar-refractivity contribution in [1.29, 1.82) is 0 Å². The Morgan fingerprint density at radius 1 is 1.14 bits per heavy atom. The van der Waals surface area contributed by atoms with E-state index in [2.05, 4.69) is 25.7 Å². The fraction of sp³-hybridized carbons (Fsp3) is 1.00. The van der Waals surface area contributed by atoms with Gasteiger partial charge in [-0.15, -0.1) is 0 Å². The lowest BCUT2D eigenvalue weighted by molar-refractivity contribution is 0.0608. The molecule has 0 unspecified atom stereocenters. The summed E-state index contributed by atoms with van der Waals surface area (Å²) in [6.07, 6.45) is 2.20. The molecule has 1 aliphatic rings. The minimum absolute atomic E-state index is 0.0450. The second kappa shape index (κ2) is 3.79. The third-order valence-electron chi connectivity index (χ3n) is 2.58. The van der Waals surface area contributed by atoms with Crippen LogP contribution in [-0.4, -0.2) is 49.2 Å². The van der Waals surface area contributed by atoms with E-state index in [0.717, 1.165) is 13.0 Å². The van der Waals surface area contributed by atoms with Gasteiger partial charge in [0.1, 0.15) is 0 Å². The largest absolute Gasteiger partial charge is 0.285 e. The molecule has 0 aromatic rings. The van der Waals surface area contributed by atoms with Crippen LogP contribution in [0.3, 0.4) is 0 Å². The molecule has 0 aliphatic carbocycles. The van der Waals surface area contributed by atoms with E-state index in [0.29, 0.717) is 13.2 Å². The van der Waals surface area contributed by atoms with Gasteiger partial charge in [0.05, 0.1) is 12.9 Å². The molecule has 1 rings (SSSR count). The quantitative estimate of drug-likeness (QED) is 0.653. The van der Waals surface area contributed by atoms with E-state index in [1.807, 2.05) is 0 Å². The lowest BCUT2D eigenvalue weighted by atomic mass is 10.1. The highest BCUT2D eigenvalue weighted by Gasteiger charge is 2.30. The zero-order valence-corrected chi connectivity index (χ0v) is 10.3. The molecule has 1 fully saturated rings. The molecule has 14 heavy (non-hydrogen) atoms. The predicted octanol–water partition coefficient (Wildman–Crippen LogP) is 0.710. The molecule has 0 spiro atoms. The highest BCUT2D eigenvalue weighted by Crippen LogP contribution is 2.19. The predicted molar refractivity (Wildman–Crippen MR) is 57.5 cm³/mol. The number of nitrogens with zero attached hydrogens (tertiary/aromatic N) is 2. The maximum absolute atomic E-state index is 11.4. The Kier molecular flexibility index (Phi) is 3.23. The fourth-order valence-corrected chi connectivity index (χ4v) is 2.40. The molecule has 5 heteroatoms. The van der Waals surface area contributed by atoms with Crippen molar-refractivity contribution in [2.75, 3.05) is 26.0 Å². The first-order chi connectivity index (χ1) is 6.21. The third-order valence-corrected chi connectivity index (χ3v) is 3.82. The van der Waals surface area contributed by atoms with Gasteiger partial charge in [-0.2, -0.15) is 4.31 Å². The van der Waals surface area contributed by atoms with E-state index < -0.39 is 10.0 Å². The number of sulfonamides is 1. The van der Waals surface area contributed by atoms with Crippen molar-refractivity contribution in [1.82, 2.24) is 9.21 Å². The molecule has 0 atom stereocenters. The summed E-state index contributed by atoms with van der Waals surface area (Å²) in [7, 11) is -3.03. The summed E-state index contributed by atoms with van der Waals surface area (Å²) in [6.45, 7) is 8.50. The van der Waals surface area contributed by atoms with Crippen molar-refractivity contribution >= 4 is 10.0 Å². The topological polar surface area (TPSA) is 40.6 Å². The normalized spacial score (nSPS) is 22.6. The first-order valence-corrected chi connectivity index (χ1v) is 6.76. The molecule has 1 saturated heterocycles. The second-order valence-electron chi connectivity index (χ2n) is 4.87. The Labute approximate surface area is 86.9 Å². The van der Waals surface area contributed by atoms with Crippen LogP contribution in [0.5, 0.6) is 0 Å². The van der Waals surface area contributed by atoms with Crippen LogP contribution < -0.4 is 0 Å². The summed E-state index contributed by atoms with van der Waals surface area (Å²) in [4.78, 5) is 2.19. The van der Waals surface area contributed by atoms with Crippen molar-refractivity contribution in [3.8, 4) is 0 Å². The Bertz CT molecular complexity index is 292. The van der Waals surface area contributed by atoms with E-state index in [-0.39, 0.29) is 5.54 Å². The minimum Gasteiger partial charge on any atom is -0.285 e. The van der Waals surface area contributed by atoms with Gasteiger partial charge in [0, 0.05) is 18.6 Å². The lowest BCUT2D eigenvalue weighted by Crippen LogP contribution is -2.53. The molecule has 0 amide bonds. The van der Waals surface area contributed by atoms with Crippen LogP contribution in [0.4, 0.5) is 0 Å². The highest BCUT2D eigenvalue weighted by molar-refractivity contribution is 7.88. The summed E-state index contributed by atoms with van der Waals surface area (Å²) in [5.41, 5.74) is 0.0450. The summed E-state index contributed by atoms with van der Waals surface area (Å²) in [5, 5.41) is 0. The van der Waals surface area contributed by atoms with Crippen LogP contribution in [0.15, 0.2) is 0 Å². The Hall–Kier alpha value is -0.130. The van der Waals surface area contributed by atoms with Crippen molar-refractivity contribution < 1.29 is 8.42 Å². The molecule has 0 saturated carbocycles. The van der Waals surface area contributed by atoms with Gasteiger partial charge in [0.25, 0.3) is 0 Å². The number of hydrogen-bond acceptors (Lipinski definition) is 3. The minimum atomic E-state index is -3.03. The van der Waals surface area contributed by atoms with Gasteiger partial charge in [-0.25, -0.2) is 8.42 Å². The number of hydrogen-bond donors (Lipinski definition) is 0. The van der Waals surface area contributed by atoms with Gasteiger partial charge >= 0.3 is 0 Å². The summed E-state index contributed by atoms with van der Waals surface area (Å²) in [6, 6.07) is 0. The van der Waals surface area contributed by atoms with Gasteiger partial charge in [-0.05, 0) is 27.2 Å². The first kappa shape index (κ1) is 11.9. The van der Waals surface area contributed by atoms with Crippen molar-refractivity contribution in [2.45, 2.75) is 32.7 Å². The highest BCUT2D eigenvalue weighted by atomic mass is 32.2. The van der Waals surface area contributed by atoms with E-state index in [1.165, 1.54) is 6.26 Å². The molecule has 0 N–H and O–H groups in total. The monoisotopic (exact) mass is 220 g/mol. The van der Waals surface area contributed by atoms with Crippen molar-refractivity contribution in [2.24, 2.45) is 0 Å². The molecule has 1 heterocycles. The Balaban J connectivity index is 2.71. The standard InChI is InChI=1S/C9H20N2O2S/c1-9(2,3)10-6-5-7-11(8-10)14(4,12)13/h5-8H2,1-4H3. The van der Waals surface area contributed by atoms with E-state index in [4.69, 9.17) is 0 Å². The van der Waals surface area contributed by atoms with E-state index in [1.54, 1.807) is 4.31 Å². The molecule has 0 radical (unpaired) electrons. The summed E-state index contributed by atoms with van der Waals surface area (Å²) in [5.74, 6) is 0. The third kappa shape index (κ3) is 2.93. The molecule has 84 valence electrons. The van der Waals surface area contributed by atoms with Gasteiger partial charge in [-0.1, -0.05) is 0 Å². The molecule has 1 aliphatic heterocycles. The molecule has 0 aromatic carbocycles. The smallest absolute Gasteiger partial charge is 0.212 e. The van der Waals surface area contributed by atoms with Crippen LogP contribution in [0.2, 0.25) is 0 Å². The zero-order valence-electron chi connectivity index (χ0n) is 9.45. The van der Waals surface area contributed by atoms with Crippen LogP contribution in [0.1, 0.15) is 27.2 Å². The SMILES string of the molecule is CC(C)(C)N1CCCN(S(C)(=O)=O)C1. The molecule has 0 aromatic heterocycles. The van der Waals surface area contributed by atoms with E-state index >= 15 is 0 Å². The Morgan fingerprint density at radius 2 is 1.71 bits per heavy atom. The van der Waals surface area contributed by atoms with Crippen LogP contribution in [0, 0.1) is 0 Å². The van der Waals surface area contributed by atoms with Gasteiger partial charge in [-0.3, -0.25) is 4.90 Å². The van der Waals surface area contributed by atoms with Crippen molar-refractivity contribution in [3.63, 3.8) is 0 Å². The van der Waals surface area contributed by atoms with Crippen LogP contribution >= 0.6 is 0 Å². The maximum atomic E-state index is 11.4. The number of rotatable bonds is 1. The van der Waals surface area contributed by atoms with Crippen molar-refractivity contribution in [3.05, 3.63) is 0 Å². The van der Waals surface area contributed by atoms with E-state index in [9.17, 15) is 8.42 Å². The lowest BCUT2D eigenvalue weighted by Gasteiger charge is -2.42. The van der Waals surface area contributed by atoms with Gasteiger partial charge in [0.2, 0.25) is 10.0 Å². The molecular formula is C9H20N2O2S. The first-order valence-electron chi connectivity index (χ1n) is 4.91. The Morgan fingerprint density at radius 3 is 2.14 bits per heavy atom. The van der Waals surface area contributed by atoms with Crippen LogP contribution in [-0.2, 0) is 10.0 Å². The average Bonchev–Trinajstić information content (AvgIpc) is 2.01. The molecular weight excluding hydrogens is 200 g/mol.